The molecule has 5 rings (SSSR count). The van der Waals surface area contributed by atoms with Crippen LogP contribution in [0.4, 0.5) is 0 Å². The highest BCUT2D eigenvalue weighted by Gasteiger charge is 2.34. The number of ether oxygens (including phenoxy) is 3. The third-order valence-electron chi connectivity index (χ3n) is 6.03. The van der Waals surface area contributed by atoms with Crippen LogP contribution in [-0.4, -0.2) is 35.9 Å². The predicted molar refractivity (Wildman–Crippen MR) is 166 cm³/mol. The Morgan fingerprint density at radius 1 is 0.929 bits per heavy atom. The van der Waals surface area contributed by atoms with Crippen molar-refractivity contribution in [2.24, 2.45) is 16.1 Å². The van der Waals surface area contributed by atoms with E-state index in [1.807, 2.05) is 84.9 Å². The van der Waals surface area contributed by atoms with Gasteiger partial charge in [-0.1, -0.05) is 44.2 Å². The SMILES string of the molecule is COc1cc(/C=N/N=C2\S/C(=C\c3cccc(Oc4ccccc4)c3)C(=O)N2Cc2ccco2)ccc1OCC(C)C. The molecule has 1 aliphatic heterocycles. The van der Waals surface area contributed by atoms with Crippen LogP contribution in [0, 0.1) is 5.92 Å². The Labute approximate surface area is 249 Å². The maximum Gasteiger partial charge on any atom is 0.267 e. The van der Waals surface area contributed by atoms with Crippen molar-refractivity contribution in [3.05, 3.63) is 113 Å². The quantitative estimate of drug-likeness (QED) is 0.103. The smallest absolute Gasteiger partial charge is 0.267 e. The molecule has 0 spiro atoms. The molecule has 2 heterocycles. The van der Waals surface area contributed by atoms with Gasteiger partial charge >= 0.3 is 0 Å². The Morgan fingerprint density at radius 2 is 1.76 bits per heavy atom. The van der Waals surface area contributed by atoms with E-state index in [1.165, 1.54) is 11.8 Å². The Bertz CT molecular complexity index is 1600. The average molecular weight is 582 g/mol. The molecule has 8 nitrogen and oxygen atoms in total. The van der Waals surface area contributed by atoms with E-state index in [2.05, 4.69) is 24.1 Å². The van der Waals surface area contributed by atoms with Crippen molar-refractivity contribution < 1.29 is 23.4 Å². The van der Waals surface area contributed by atoms with Crippen molar-refractivity contribution in [3.8, 4) is 23.0 Å². The molecule has 1 aliphatic rings. The highest BCUT2D eigenvalue weighted by Crippen LogP contribution is 2.35. The summed E-state index contributed by atoms with van der Waals surface area (Å²) in [4.78, 5) is 15.6. The first-order chi connectivity index (χ1) is 20.5. The molecule has 42 heavy (non-hydrogen) atoms. The lowest BCUT2D eigenvalue weighted by molar-refractivity contribution is -0.122. The van der Waals surface area contributed by atoms with Gasteiger partial charge in [-0.25, -0.2) is 0 Å². The second-order valence-corrected chi connectivity index (χ2v) is 10.8. The Balaban J connectivity index is 1.37. The topological polar surface area (TPSA) is 85.9 Å². The summed E-state index contributed by atoms with van der Waals surface area (Å²) in [5.41, 5.74) is 1.61. The fourth-order valence-electron chi connectivity index (χ4n) is 4.01. The lowest BCUT2D eigenvalue weighted by Gasteiger charge is -2.13. The van der Waals surface area contributed by atoms with Gasteiger partial charge in [-0.3, -0.25) is 9.69 Å². The van der Waals surface area contributed by atoms with Crippen LogP contribution in [0.1, 0.15) is 30.7 Å². The van der Waals surface area contributed by atoms with Gasteiger partial charge < -0.3 is 18.6 Å². The summed E-state index contributed by atoms with van der Waals surface area (Å²) in [6.07, 6.45) is 5.02. The van der Waals surface area contributed by atoms with E-state index >= 15 is 0 Å². The first kappa shape index (κ1) is 28.8. The number of carbonyl (C=O) groups excluding carboxylic acids is 1. The van der Waals surface area contributed by atoms with Crippen LogP contribution < -0.4 is 14.2 Å². The van der Waals surface area contributed by atoms with E-state index in [0.717, 1.165) is 16.9 Å². The van der Waals surface area contributed by atoms with E-state index in [4.69, 9.17) is 18.6 Å². The van der Waals surface area contributed by atoms with E-state index in [-0.39, 0.29) is 12.5 Å². The van der Waals surface area contributed by atoms with Crippen molar-refractivity contribution in [2.75, 3.05) is 13.7 Å². The van der Waals surface area contributed by atoms with Gasteiger partial charge in [-0.05, 0) is 89.5 Å². The number of benzene rings is 3. The fraction of sp³-hybridized carbons (Fsp3) is 0.182. The summed E-state index contributed by atoms with van der Waals surface area (Å²) in [5, 5.41) is 9.15. The summed E-state index contributed by atoms with van der Waals surface area (Å²) >= 11 is 1.25. The minimum Gasteiger partial charge on any atom is -0.493 e. The standard InChI is InChI=1S/C33H31N3O5S/c1-23(2)22-40-29-15-14-25(18-30(29)38-3)20-34-35-33-36(21-28-13-8-16-39-28)32(37)31(42-33)19-24-9-7-12-27(17-24)41-26-10-5-4-6-11-26/h4-20,23H,21-22H2,1-3H3/b31-19-,34-20+,35-33-. The number of hydrogen-bond donors (Lipinski definition) is 0. The first-order valence-corrected chi connectivity index (χ1v) is 14.3. The lowest BCUT2D eigenvalue weighted by Crippen LogP contribution is -2.28. The molecule has 1 saturated heterocycles. The van der Waals surface area contributed by atoms with E-state index in [0.29, 0.717) is 45.6 Å². The maximum absolute atomic E-state index is 13.5. The van der Waals surface area contributed by atoms with Crippen LogP contribution >= 0.6 is 11.8 Å². The van der Waals surface area contributed by atoms with Gasteiger partial charge in [0, 0.05) is 0 Å². The number of furan rings is 1. The van der Waals surface area contributed by atoms with Gasteiger partial charge in [0.1, 0.15) is 17.3 Å². The number of methoxy groups -OCH3 is 1. The Hall–Kier alpha value is -4.76. The van der Waals surface area contributed by atoms with E-state index in [9.17, 15) is 4.79 Å². The summed E-state index contributed by atoms with van der Waals surface area (Å²) in [7, 11) is 1.60. The molecule has 0 atom stereocenters. The maximum atomic E-state index is 13.5. The monoisotopic (exact) mass is 581 g/mol. The third kappa shape index (κ3) is 7.50. The Kier molecular flexibility index (Phi) is 9.41. The molecule has 4 aromatic rings. The van der Waals surface area contributed by atoms with Crippen LogP contribution in [0.25, 0.3) is 6.08 Å². The normalized spacial score (nSPS) is 15.3. The number of amides is 1. The summed E-state index contributed by atoms with van der Waals surface area (Å²) in [6.45, 7) is 5.00. The van der Waals surface area contributed by atoms with Crippen LogP contribution in [0.3, 0.4) is 0 Å². The zero-order chi connectivity index (χ0) is 29.3. The van der Waals surface area contributed by atoms with Crippen LogP contribution in [-0.2, 0) is 11.3 Å². The second kappa shape index (κ2) is 13.7. The zero-order valence-electron chi connectivity index (χ0n) is 23.6. The molecule has 0 saturated carbocycles. The lowest BCUT2D eigenvalue weighted by atomic mass is 10.2. The number of para-hydroxylation sites is 1. The minimum atomic E-state index is -0.187. The van der Waals surface area contributed by atoms with Crippen LogP contribution in [0.5, 0.6) is 23.0 Å². The van der Waals surface area contributed by atoms with Crippen molar-refractivity contribution in [2.45, 2.75) is 20.4 Å². The molecule has 0 bridgehead atoms. The van der Waals surface area contributed by atoms with E-state index in [1.54, 1.807) is 30.6 Å². The van der Waals surface area contributed by atoms with Gasteiger partial charge in [-0.2, -0.15) is 5.10 Å². The molecule has 0 unspecified atom stereocenters. The Morgan fingerprint density at radius 3 is 2.52 bits per heavy atom. The molecule has 1 aromatic heterocycles. The molecule has 0 radical (unpaired) electrons. The van der Waals surface area contributed by atoms with Crippen molar-refractivity contribution in [1.29, 1.82) is 0 Å². The highest BCUT2D eigenvalue weighted by molar-refractivity contribution is 8.18. The summed E-state index contributed by atoms with van der Waals surface area (Å²) in [6, 6.07) is 26.3. The molecule has 214 valence electrons. The fourth-order valence-corrected chi connectivity index (χ4v) is 4.94. The number of nitrogens with zero attached hydrogens (tertiary/aromatic N) is 3. The number of hydrogen-bond acceptors (Lipinski definition) is 8. The summed E-state index contributed by atoms with van der Waals surface area (Å²) in [5.74, 6) is 3.54. The molecule has 0 aliphatic carbocycles. The van der Waals surface area contributed by atoms with Gasteiger partial charge in [0.15, 0.2) is 16.7 Å². The largest absolute Gasteiger partial charge is 0.493 e. The second-order valence-electron chi connectivity index (χ2n) is 9.81. The highest BCUT2D eigenvalue weighted by atomic mass is 32.2. The average Bonchev–Trinajstić information content (AvgIpc) is 3.61. The minimum absolute atomic E-state index is 0.187. The van der Waals surface area contributed by atoms with Crippen LogP contribution in [0.2, 0.25) is 0 Å². The predicted octanol–water partition coefficient (Wildman–Crippen LogP) is 7.62. The number of rotatable bonds is 11. The number of carbonyl (C=O) groups is 1. The molecule has 9 heteroatoms. The summed E-state index contributed by atoms with van der Waals surface area (Å²) < 4.78 is 22.8. The van der Waals surface area contributed by atoms with Gasteiger partial charge in [-0.15, -0.1) is 5.10 Å². The first-order valence-electron chi connectivity index (χ1n) is 13.5. The molecular formula is C33H31N3O5S. The van der Waals surface area contributed by atoms with Crippen molar-refractivity contribution in [3.63, 3.8) is 0 Å². The molecule has 0 N–H and O–H groups in total. The van der Waals surface area contributed by atoms with E-state index < -0.39 is 0 Å². The number of amidine groups is 1. The van der Waals surface area contributed by atoms with Crippen LogP contribution in [0.15, 0.2) is 111 Å². The molecule has 3 aromatic carbocycles. The molecule has 1 amide bonds. The van der Waals surface area contributed by atoms with Gasteiger partial charge in [0.05, 0.1) is 37.6 Å². The van der Waals surface area contributed by atoms with Crippen molar-refractivity contribution in [1.82, 2.24) is 4.90 Å². The van der Waals surface area contributed by atoms with Gasteiger partial charge in [0.25, 0.3) is 5.91 Å². The van der Waals surface area contributed by atoms with Crippen molar-refractivity contribution >= 4 is 35.1 Å². The third-order valence-corrected chi connectivity index (χ3v) is 7.02. The van der Waals surface area contributed by atoms with Gasteiger partial charge in [0.2, 0.25) is 0 Å². The molecule has 1 fully saturated rings. The zero-order valence-corrected chi connectivity index (χ0v) is 24.4. The number of thioether (sulfide) groups is 1. The molecular weight excluding hydrogens is 550 g/mol.